The first kappa shape index (κ1) is 12.9. The molecule has 1 heterocycles. The van der Waals surface area contributed by atoms with Crippen LogP contribution in [0.15, 0.2) is 46.9 Å². The van der Waals surface area contributed by atoms with Crippen LogP contribution < -0.4 is 5.32 Å². The van der Waals surface area contributed by atoms with Gasteiger partial charge in [-0.15, -0.1) is 0 Å². The van der Waals surface area contributed by atoms with Crippen LogP contribution >= 0.6 is 0 Å². The van der Waals surface area contributed by atoms with Gasteiger partial charge in [-0.05, 0) is 12.1 Å². The van der Waals surface area contributed by atoms with E-state index in [4.69, 9.17) is 4.42 Å². The quantitative estimate of drug-likeness (QED) is 0.851. The average Bonchev–Trinajstić information content (AvgIpc) is 2.95. The van der Waals surface area contributed by atoms with E-state index < -0.39 is 11.9 Å². The Morgan fingerprint density at radius 3 is 2.58 bits per heavy atom. The molecule has 1 aromatic heterocycles. The van der Waals surface area contributed by atoms with Crippen molar-refractivity contribution in [3.05, 3.63) is 48.2 Å². The summed E-state index contributed by atoms with van der Waals surface area (Å²) in [6.07, 6.45) is 0. The number of esters is 1. The largest absolute Gasteiger partial charge is 0.468 e. The molecule has 2 rings (SSSR count). The van der Waals surface area contributed by atoms with E-state index in [0.717, 1.165) is 5.56 Å². The number of hydrogen-bond donors (Lipinski definition) is 1. The van der Waals surface area contributed by atoms with Gasteiger partial charge < -0.3 is 14.5 Å². The predicted octanol–water partition coefficient (Wildman–Crippen LogP) is 1.85. The van der Waals surface area contributed by atoms with Gasteiger partial charge in [-0.2, -0.15) is 0 Å². The third kappa shape index (κ3) is 3.22. The molecule has 2 aromatic rings. The van der Waals surface area contributed by atoms with Gasteiger partial charge in [0.1, 0.15) is 12.3 Å². The SMILES string of the molecule is COC(=O)CNC(=O)c1ccc(-c2ccccc2)o1. The van der Waals surface area contributed by atoms with Gasteiger partial charge in [0.2, 0.25) is 0 Å². The van der Waals surface area contributed by atoms with Gasteiger partial charge in [-0.1, -0.05) is 30.3 Å². The normalized spacial score (nSPS) is 9.95. The van der Waals surface area contributed by atoms with E-state index in [1.807, 2.05) is 30.3 Å². The highest BCUT2D eigenvalue weighted by atomic mass is 16.5. The van der Waals surface area contributed by atoms with Crippen molar-refractivity contribution in [2.75, 3.05) is 13.7 Å². The van der Waals surface area contributed by atoms with Gasteiger partial charge in [-0.3, -0.25) is 9.59 Å². The van der Waals surface area contributed by atoms with E-state index in [1.54, 1.807) is 12.1 Å². The molecule has 98 valence electrons. The Morgan fingerprint density at radius 1 is 1.16 bits per heavy atom. The standard InChI is InChI=1S/C14H13NO4/c1-18-13(16)9-15-14(17)12-8-7-11(19-12)10-5-3-2-4-6-10/h2-8H,9H2,1H3,(H,15,17). The zero-order valence-electron chi connectivity index (χ0n) is 10.4. The van der Waals surface area contributed by atoms with Gasteiger partial charge in [-0.25, -0.2) is 0 Å². The summed E-state index contributed by atoms with van der Waals surface area (Å²) < 4.78 is 9.86. The van der Waals surface area contributed by atoms with Crippen LogP contribution in [0, 0.1) is 0 Å². The molecule has 0 fully saturated rings. The first-order valence-electron chi connectivity index (χ1n) is 5.71. The molecule has 1 aromatic carbocycles. The molecule has 0 bridgehead atoms. The molecule has 0 saturated carbocycles. The van der Waals surface area contributed by atoms with E-state index in [0.29, 0.717) is 5.76 Å². The number of benzene rings is 1. The van der Waals surface area contributed by atoms with Gasteiger partial charge >= 0.3 is 5.97 Å². The molecule has 0 aliphatic rings. The van der Waals surface area contributed by atoms with Crippen molar-refractivity contribution in [1.29, 1.82) is 0 Å². The second-order valence-electron chi connectivity index (χ2n) is 3.79. The van der Waals surface area contributed by atoms with E-state index >= 15 is 0 Å². The molecule has 0 saturated heterocycles. The van der Waals surface area contributed by atoms with Crippen LogP contribution in [0.2, 0.25) is 0 Å². The topological polar surface area (TPSA) is 68.5 Å². The number of ether oxygens (including phenoxy) is 1. The monoisotopic (exact) mass is 259 g/mol. The summed E-state index contributed by atoms with van der Waals surface area (Å²) >= 11 is 0. The number of carbonyl (C=O) groups excluding carboxylic acids is 2. The molecule has 19 heavy (non-hydrogen) atoms. The Labute approximate surface area is 110 Å². The number of rotatable bonds is 4. The summed E-state index contributed by atoms with van der Waals surface area (Å²) in [4.78, 5) is 22.6. The zero-order chi connectivity index (χ0) is 13.7. The predicted molar refractivity (Wildman–Crippen MR) is 68.5 cm³/mol. The molecular formula is C14H13NO4. The van der Waals surface area contributed by atoms with Gasteiger partial charge in [0, 0.05) is 5.56 Å². The molecule has 0 radical (unpaired) electrons. The molecule has 1 amide bonds. The molecule has 1 N–H and O–H groups in total. The average molecular weight is 259 g/mol. The summed E-state index contributed by atoms with van der Waals surface area (Å²) in [5, 5.41) is 2.41. The molecule has 0 aliphatic carbocycles. The van der Waals surface area contributed by atoms with Crippen LogP contribution in [0.25, 0.3) is 11.3 Å². The Hall–Kier alpha value is -2.56. The van der Waals surface area contributed by atoms with Crippen LogP contribution in [0.4, 0.5) is 0 Å². The molecular weight excluding hydrogens is 246 g/mol. The van der Waals surface area contributed by atoms with Crippen LogP contribution in [-0.4, -0.2) is 25.5 Å². The molecule has 0 atom stereocenters. The minimum absolute atomic E-state index is 0.155. The van der Waals surface area contributed by atoms with Crippen LogP contribution in [0.5, 0.6) is 0 Å². The number of methoxy groups -OCH3 is 1. The summed E-state index contributed by atoms with van der Waals surface area (Å²) in [5.74, 6) is -0.206. The van der Waals surface area contributed by atoms with E-state index in [2.05, 4.69) is 10.1 Å². The second-order valence-corrected chi connectivity index (χ2v) is 3.79. The highest BCUT2D eigenvalue weighted by molar-refractivity contribution is 5.94. The Bertz CT molecular complexity index is 574. The summed E-state index contributed by atoms with van der Waals surface area (Å²) in [5.41, 5.74) is 0.884. The van der Waals surface area contributed by atoms with Crippen molar-refractivity contribution in [2.45, 2.75) is 0 Å². The first-order chi connectivity index (χ1) is 9.20. The van der Waals surface area contributed by atoms with Gasteiger partial charge in [0.05, 0.1) is 7.11 Å². The third-order valence-corrected chi connectivity index (χ3v) is 2.51. The number of hydrogen-bond acceptors (Lipinski definition) is 4. The fraction of sp³-hybridized carbons (Fsp3) is 0.143. The summed E-state index contributed by atoms with van der Waals surface area (Å²) in [6, 6.07) is 12.7. The molecule has 0 aliphatic heterocycles. The lowest BCUT2D eigenvalue weighted by Crippen LogP contribution is -2.29. The third-order valence-electron chi connectivity index (χ3n) is 2.51. The first-order valence-corrected chi connectivity index (χ1v) is 5.71. The Balaban J connectivity index is 2.05. The molecule has 0 unspecified atom stereocenters. The Morgan fingerprint density at radius 2 is 1.89 bits per heavy atom. The highest BCUT2D eigenvalue weighted by Gasteiger charge is 2.13. The number of furan rings is 1. The van der Waals surface area contributed by atoms with Crippen LogP contribution in [0.3, 0.4) is 0 Å². The number of amides is 1. The Kier molecular flexibility index (Phi) is 3.97. The zero-order valence-corrected chi connectivity index (χ0v) is 10.4. The van der Waals surface area contributed by atoms with E-state index in [1.165, 1.54) is 7.11 Å². The van der Waals surface area contributed by atoms with Crippen molar-refractivity contribution in [2.24, 2.45) is 0 Å². The summed E-state index contributed by atoms with van der Waals surface area (Å²) in [7, 11) is 1.26. The van der Waals surface area contributed by atoms with Gasteiger partial charge in [0.25, 0.3) is 5.91 Å². The minimum atomic E-state index is -0.511. The lowest BCUT2D eigenvalue weighted by atomic mass is 10.2. The van der Waals surface area contributed by atoms with Crippen LogP contribution in [-0.2, 0) is 9.53 Å². The van der Waals surface area contributed by atoms with Crippen molar-refractivity contribution in [1.82, 2.24) is 5.32 Å². The molecule has 5 nitrogen and oxygen atoms in total. The maximum Gasteiger partial charge on any atom is 0.325 e. The lowest BCUT2D eigenvalue weighted by molar-refractivity contribution is -0.139. The number of nitrogens with one attached hydrogen (secondary N) is 1. The van der Waals surface area contributed by atoms with Crippen molar-refractivity contribution in [3.8, 4) is 11.3 Å². The van der Waals surface area contributed by atoms with Crippen molar-refractivity contribution >= 4 is 11.9 Å². The smallest absolute Gasteiger partial charge is 0.325 e. The van der Waals surface area contributed by atoms with Gasteiger partial charge in [0.15, 0.2) is 5.76 Å². The van der Waals surface area contributed by atoms with E-state index in [9.17, 15) is 9.59 Å². The molecule has 5 heteroatoms. The highest BCUT2D eigenvalue weighted by Crippen LogP contribution is 2.21. The summed E-state index contributed by atoms with van der Waals surface area (Å²) in [6.45, 7) is -0.184. The maximum atomic E-state index is 11.7. The molecule has 0 spiro atoms. The van der Waals surface area contributed by atoms with Crippen molar-refractivity contribution in [3.63, 3.8) is 0 Å². The fourth-order valence-corrected chi connectivity index (χ4v) is 1.53. The second kappa shape index (κ2) is 5.86. The minimum Gasteiger partial charge on any atom is -0.468 e. The van der Waals surface area contributed by atoms with Crippen molar-refractivity contribution < 1.29 is 18.7 Å². The lowest BCUT2D eigenvalue weighted by Gasteiger charge is -2.01. The maximum absolute atomic E-state index is 11.7. The van der Waals surface area contributed by atoms with E-state index in [-0.39, 0.29) is 12.3 Å². The van der Waals surface area contributed by atoms with Crippen LogP contribution in [0.1, 0.15) is 10.6 Å². The fourth-order valence-electron chi connectivity index (χ4n) is 1.53. The number of carbonyl (C=O) groups is 2.